The highest BCUT2D eigenvalue weighted by molar-refractivity contribution is 5.80. The Morgan fingerprint density at radius 3 is 0.732 bits per heavy atom. The molecule has 0 aliphatic rings. The summed E-state index contributed by atoms with van der Waals surface area (Å²) in [5.41, 5.74) is 0. The fourth-order valence-electron chi connectivity index (χ4n) is 3.54. The summed E-state index contributed by atoms with van der Waals surface area (Å²) in [5.74, 6) is 1.12. The number of ether oxygens (including phenoxy) is 12. The summed E-state index contributed by atoms with van der Waals surface area (Å²) in [6.07, 6.45) is 9.85. The number of rotatable bonds is 35. The van der Waals surface area contributed by atoms with Crippen LogP contribution in [0.4, 0.5) is 0 Å². The maximum atomic E-state index is 10.6. The quantitative estimate of drug-likeness (QED) is 0.0422. The minimum Gasteiger partial charge on any atom is -0.469 e. The Kier molecular flexibility index (Phi) is 215. The minimum atomic E-state index is -0.174. The lowest BCUT2D eigenvalue weighted by Gasteiger charge is -1.99. The summed E-state index contributed by atoms with van der Waals surface area (Å²) in [6, 6.07) is 0. The van der Waals surface area contributed by atoms with Crippen LogP contribution in [0, 0.1) is 0 Å². The van der Waals surface area contributed by atoms with E-state index in [2.05, 4.69) is 33.2 Å². The van der Waals surface area contributed by atoms with E-state index in [1.807, 2.05) is 34.6 Å². The molecule has 0 atom stereocenters. The fourth-order valence-corrected chi connectivity index (χ4v) is 3.54. The number of esters is 2. The summed E-state index contributed by atoms with van der Waals surface area (Å²) < 4.78 is 55.9. The lowest BCUT2D eigenvalue weighted by Crippen LogP contribution is -2.07. The van der Waals surface area contributed by atoms with E-state index in [-0.39, 0.29) is 123 Å². The highest BCUT2D eigenvalue weighted by Crippen LogP contribution is 1.95. The Bertz CT molecular complexity index is 1030. The molecular weight excluding hydrogens is 1060 g/mol. The van der Waals surface area contributed by atoms with Crippen molar-refractivity contribution in [1.82, 2.24) is 0 Å². The second kappa shape index (κ2) is 133. The number of ketones is 6. The molecule has 0 aromatic rings. The van der Waals surface area contributed by atoms with Crippen molar-refractivity contribution in [1.29, 1.82) is 0 Å². The normalized spacial score (nSPS) is 8.07. The van der Waals surface area contributed by atoms with E-state index < -0.39 is 0 Å². The second-order valence-electron chi connectivity index (χ2n) is 14.3. The molecule has 0 radical (unpaired) electrons. The van der Waals surface area contributed by atoms with Crippen molar-refractivity contribution >= 4 is 46.6 Å². The fraction of sp³-hybridized carbons (Fsp3) is 0.871. The number of Topliss-reactive ketones (excluding diaryl/α,β-unsaturated/α-hetero) is 6. The zero-order chi connectivity index (χ0) is 57.5. The van der Waals surface area contributed by atoms with Crippen molar-refractivity contribution in [3.8, 4) is 0 Å². The number of hydrogen-bond donors (Lipinski definition) is 0. The Hall–Kier alpha value is -3.44. The van der Waals surface area contributed by atoms with E-state index >= 15 is 0 Å². The van der Waals surface area contributed by atoms with E-state index in [0.29, 0.717) is 142 Å². The van der Waals surface area contributed by atoms with Crippen LogP contribution in [0.3, 0.4) is 0 Å². The SMILES string of the molecule is C.C.C.C.C.C.C.C.C.C.CCC(=O)CCCOC.CCC(=O)CCCOC.CCC(=O)CCOC.CCC(=O)COC.CCC(=O)COC.CCC(=O)OCCOC.COCCCC(=O)OC.COCCCC(C)=O.COCCOC. The predicted octanol–water partition coefficient (Wildman–Crippen LogP) is 13.8. The Labute approximate surface area is 510 Å². The molecule has 0 bridgehead atoms. The van der Waals surface area contributed by atoms with Crippen molar-refractivity contribution in [2.24, 2.45) is 0 Å². The highest BCUT2D eigenvalue weighted by Gasteiger charge is 1.99. The molecule has 514 valence electrons. The van der Waals surface area contributed by atoms with Gasteiger partial charge in [0.25, 0.3) is 0 Å². The minimum absolute atomic E-state index is 0. The maximum Gasteiger partial charge on any atom is 0.305 e. The van der Waals surface area contributed by atoms with Crippen LogP contribution in [-0.4, -0.2) is 198 Å². The molecule has 0 unspecified atom stereocenters. The second-order valence-corrected chi connectivity index (χ2v) is 14.3. The summed E-state index contributed by atoms with van der Waals surface area (Å²) in [7, 11) is 17.4. The van der Waals surface area contributed by atoms with Gasteiger partial charge in [0, 0.05) is 168 Å². The van der Waals surface area contributed by atoms with Gasteiger partial charge in [0.2, 0.25) is 0 Å². The third-order valence-corrected chi connectivity index (χ3v) is 7.94. The van der Waals surface area contributed by atoms with Gasteiger partial charge >= 0.3 is 11.9 Å². The van der Waals surface area contributed by atoms with Gasteiger partial charge in [0.15, 0.2) is 11.6 Å². The number of hydrogen-bond acceptors (Lipinski definition) is 20. The highest BCUT2D eigenvalue weighted by atomic mass is 16.6. The summed E-state index contributed by atoms with van der Waals surface area (Å²) in [6.45, 7) is 18.6. The Balaban J connectivity index is -0.0000000316. The van der Waals surface area contributed by atoms with Crippen molar-refractivity contribution in [3.63, 3.8) is 0 Å². The van der Waals surface area contributed by atoms with Gasteiger partial charge in [-0.1, -0.05) is 116 Å². The van der Waals surface area contributed by atoms with Crippen LogP contribution in [0.15, 0.2) is 0 Å². The predicted molar refractivity (Wildman–Crippen MR) is 348 cm³/mol. The molecule has 0 aliphatic heterocycles. The molecule has 0 fully saturated rings. The first-order valence-electron chi connectivity index (χ1n) is 24.5. The monoisotopic (exact) mass is 1210 g/mol. The summed E-state index contributed by atoms with van der Waals surface area (Å²) in [5, 5.41) is 0. The Morgan fingerprint density at radius 2 is 0.512 bits per heavy atom. The number of methoxy groups -OCH3 is 11. The van der Waals surface area contributed by atoms with Gasteiger partial charge in [-0.2, -0.15) is 0 Å². The molecule has 20 nitrogen and oxygen atoms in total. The zero-order valence-electron chi connectivity index (χ0n) is 48.5. The molecule has 0 heterocycles. The van der Waals surface area contributed by atoms with Crippen molar-refractivity contribution in [3.05, 3.63) is 0 Å². The Morgan fingerprint density at radius 1 is 0.256 bits per heavy atom. The molecule has 0 aromatic carbocycles. The van der Waals surface area contributed by atoms with Crippen LogP contribution in [0.1, 0.15) is 219 Å². The molecule has 0 saturated heterocycles. The molecule has 0 rings (SSSR count). The number of carbonyl (C=O) groups excluding carboxylic acids is 8. The van der Waals surface area contributed by atoms with Crippen LogP contribution in [0.5, 0.6) is 0 Å². The van der Waals surface area contributed by atoms with E-state index in [1.165, 1.54) is 21.3 Å². The van der Waals surface area contributed by atoms with Gasteiger partial charge in [-0.25, -0.2) is 0 Å². The standard InChI is InChI=1S/2C7H14O2.2C6H12O3.2C6H12O2.2C5H10O2.C4H10O2.10CH4/c2*1-3-7(8)5-4-6-9-2;1-8-5-3-4-6(7)9-2;1-3-6(7)9-5-4-8-2;1-6(7)4-3-5-8-2;1-3-6(7)4-5-8-2;2*1-3-5(6)4-7-2;1-5-3-4-6-2;;;;;;;;;;/h2*3-6H2,1-2H3;2*3-5H2,1-2H3;2*3-5H2,1-2H3;2*3-4H2,1-2H3;3-4H2,1-2H3;10*1H4. The van der Waals surface area contributed by atoms with Crippen LogP contribution >= 0.6 is 0 Å². The molecule has 0 N–H and O–H groups in total. The van der Waals surface area contributed by atoms with Crippen LogP contribution in [-0.2, 0) is 95.2 Å². The third-order valence-electron chi connectivity index (χ3n) is 7.94. The van der Waals surface area contributed by atoms with Crippen LogP contribution in [0.2, 0.25) is 0 Å². The molecule has 20 heteroatoms. The van der Waals surface area contributed by atoms with Crippen molar-refractivity contribution in [2.75, 3.05) is 151 Å². The average Bonchev–Trinajstić information content (AvgIpc) is 3.38. The van der Waals surface area contributed by atoms with Crippen molar-refractivity contribution in [2.45, 2.75) is 219 Å². The maximum absolute atomic E-state index is 10.6. The molecule has 0 spiro atoms. The summed E-state index contributed by atoms with van der Waals surface area (Å²) in [4.78, 5) is 83.4. The molecule has 82 heavy (non-hydrogen) atoms. The van der Waals surface area contributed by atoms with Gasteiger partial charge in [-0.05, 0) is 32.6 Å². The average molecular weight is 1210 g/mol. The van der Waals surface area contributed by atoms with Gasteiger partial charge in [0.1, 0.15) is 43.0 Å². The third kappa shape index (κ3) is 185. The van der Waals surface area contributed by atoms with Gasteiger partial charge in [-0.3, -0.25) is 33.6 Å². The van der Waals surface area contributed by atoms with E-state index in [0.717, 1.165) is 25.7 Å². The largest absolute Gasteiger partial charge is 0.469 e. The molecule has 0 amide bonds. The topological polar surface area (TPSA) is 247 Å². The first-order valence-corrected chi connectivity index (χ1v) is 24.5. The number of carbonyl (C=O) groups is 8. The van der Waals surface area contributed by atoms with E-state index in [9.17, 15) is 38.4 Å². The van der Waals surface area contributed by atoms with Gasteiger partial charge in [-0.15, -0.1) is 0 Å². The lowest BCUT2D eigenvalue weighted by molar-refractivity contribution is -0.144. The smallest absolute Gasteiger partial charge is 0.305 e. The molecule has 0 saturated carbocycles. The first-order chi connectivity index (χ1) is 34.3. The van der Waals surface area contributed by atoms with Gasteiger partial charge < -0.3 is 61.6 Å². The van der Waals surface area contributed by atoms with Crippen LogP contribution in [0.25, 0.3) is 0 Å². The van der Waals surface area contributed by atoms with E-state index in [1.54, 1.807) is 70.7 Å². The van der Waals surface area contributed by atoms with Crippen molar-refractivity contribution < 1.29 is 95.2 Å². The first kappa shape index (κ1) is 133. The lowest BCUT2D eigenvalue weighted by atomic mass is 10.2. The zero-order valence-corrected chi connectivity index (χ0v) is 48.5. The molecule has 0 aliphatic carbocycles. The summed E-state index contributed by atoms with van der Waals surface area (Å²) >= 11 is 0. The molecule has 0 aromatic heterocycles. The van der Waals surface area contributed by atoms with Crippen LogP contribution < -0.4 is 0 Å². The van der Waals surface area contributed by atoms with Gasteiger partial charge in [0.05, 0.1) is 33.5 Å². The van der Waals surface area contributed by atoms with E-state index in [4.69, 9.17) is 23.7 Å². The molecular formula is C62H146O20.